The molecule has 0 aliphatic rings. The zero-order chi connectivity index (χ0) is 17.1. The monoisotopic (exact) mass is 337 g/mol. The maximum Gasteiger partial charge on any atom is 0.246 e. The summed E-state index contributed by atoms with van der Waals surface area (Å²) in [7, 11) is 1.82. The number of benzene rings is 1. The minimum absolute atomic E-state index is 0.0383. The highest BCUT2D eigenvalue weighted by Crippen LogP contribution is 2.31. The van der Waals surface area contributed by atoms with Gasteiger partial charge in [0.25, 0.3) is 0 Å². The van der Waals surface area contributed by atoms with Gasteiger partial charge in [-0.3, -0.25) is 4.79 Å². The standard InChI is InChI=1S/C19H19N3OS/c1-13-15-5-3-4-6-16(15)24-17(13)12-22(2)19(23)10-8-14-7-9-18(20)21-11-14/h3-11H,12H2,1-2H3,(H2,20,21)/b10-8+. The Morgan fingerprint density at radius 2 is 2.08 bits per heavy atom. The number of hydrogen-bond acceptors (Lipinski definition) is 4. The summed E-state index contributed by atoms with van der Waals surface area (Å²) in [6.07, 6.45) is 4.97. The molecule has 0 bridgehead atoms. The van der Waals surface area contributed by atoms with E-state index in [4.69, 9.17) is 5.73 Å². The van der Waals surface area contributed by atoms with Gasteiger partial charge in [-0.2, -0.15) is 0 Å². The molecule has 0 atom stereocenters. The Labute approximate surface area is 145 Å². The van der Waals surface area contributed by atoms with Crippen molar-refractivity contribution in [3.63, 3.8) is 0 Å². The van der Waals surface area contributed by atoms with Crippen LogP contribution in [-0.4, -0.2) is 22.8 Å². The third-order valence-corrected chi connectivity index (χ3v) is 5.18. The number of pyridine rings is 1. The maximum atomic E-state index is 12.3. The van der Waals surface area contributed by atoms with Gasteiger partial charge < -0.3 is 10.6 Å². The topological polar surface area (TPSA) is 59.2 Å². The van der Waals surface area contributed by atoms with Crippen molar-refractivity contribution in [2.24, 2.45) is 0 Å². The molecule has 0 saturated carbocycles. The number of nitrogens with zero attached hydrogens (tertiary/aromatic N) is 2. The van der Waals surface area contributed by atoms with Crippen molar-refractivity contribution < 1.29 is 4.79 Å². The molecule has 24 heavy (non-hydrogen) atoms. The molecular weight excluding hydrogens is 318 g/mol. The van der Waals surface area contributed by atoms with Crippen molar-refractivity contribution in [1.82, 2.24) is 9.88 Å². The Balaban J connectivity index is 1.71. The molecule has 2 heterocycles. The molecule has 0 aliphatic heterocycles. The number of amides is 1. The van der Waals surface area contributed by atoms with Crippen LogP contribution in [0, 0.1) is 6.92 Å². The van der Waals surface area contributed by atoms with Crippen molar-refractivity contribution >= 4 is 39.2 Å². The van der Waals surface area contributed by atoms with E-state index in [1.54, 1.807) is 40.7 Å². The molecule has 3 rings (SSSR count). The molecule has 0 unspecified atom stereocenters. The Hall–Kier alpha value is -2.66. The molecular formula is C19H19N3OS. The van der Waals surface area contributed by atoms with Crippen molar-refractivity contribution in [3.8, 4) is 0 Å². The van der Waals surface area contributed by atoms with Gasteiger partial charge in [0.1, 0.15) is 5.82 Å². The van der Waals surface area contributed by atoms with Gasteiger partial charge in [0, 0.05) is 28.9 Å². The summed E-state index contributed by atoms with van der Waals surface area (Å²) in [5.41, 5.74) is 7.66. The quantitative estimate of drug-likeness (QED) is 0.736. The lowest BCUT2D eigenvalue weighted by Crippen LogP contribution is -2.23. The molecule has 0 radical (unpaired) electrons. The largest absolute Gasteiger partial charge is 0.384 e. The van der Waals surface area contributed by atoms with Crippen LogP contribution >= 0.6 is 11.3 Å². The average molecular weight is 337 g/mol. The Morgan fingerprint density at radius 3 is 2.79 bits per heavy atom. The van der Waals surface area contributed by atoms with E-state index in [0.717, 1.165) is 5.56 Å². The number of fused-ring (bicyclic) bond motifs is 1. The van der Waals surface area contributed by atoms with Crippen LogP contribution in [0.25, 0.3) is 16.2 Å². The molecule has 122 valence electrons. The van der Waals surface area contributed by atoms with Gasteiger partial charge >= 0.3 is 0 Å². The second-order valence-electron chi connectivity index (χ2n) is 5.69. The first-order valence-corrected chi connectivity index (χ1v) is 8.48. The van der Waals surface area contributed by atoms with E-state index < -0.39 is 0 Å². The average Bonchev–Trinajstić information content (AvgIpc) is 2.90. The van der Waals surface area contributed by atoms with E-state index in [1.165, 1.54) is 20.5 Å². The van der Waals surface area contributed by atoms with Gasteiger partial charge in [0.15, 0.2) is 0 Å². The van der Waals surface area contributed by atoms with E-state index in [1.807, 2.05) is 25.2 Å². The first-order valence-electron chi connectivity index (χ1n) is 7.66. The molecule has 3 aromatic rings. The fourth-order valence-corrected chi connectivity index (χ4v) is 3.74. The lowest BCUT2D eigenvalue weighted by molar-refractivity contribution is -0.125. The number of anilines is 1. The number of nitrogen functional groups attached to an aromatic ring is 1. The molecule has 0 aliphatic carbocycles. The number of aryl methyl sites for hydroxylation is 1. The Kier molecular flexibility index (Phi) is 4.62. The van der Waals surface area contributed by atoms with E-state index in [2.05, 4.69) is 24.0 Å². The minimum Gasteiger partial charge on any atom is -0.384 e. The van der Waals surface area contributed by atoms with Crippen LogP contribution in [0.1, 0.15) is 16.0 Å². The minimum atomic E-state index is -0.0383. The number of nitrogens with two attached hydrogens (primary N) is 1. The van der Waals surface area contributed by atoms with E-state index in [9.17, 15) is 4.79 Å². The summed E-state index contributed by atoms with van der Waals surface area (Å²) in [4.78, 5) is 19.3. The first kappa shape index (κ1) is 16.2. The Morgan fingerprint density at radius 1 is 1.29 bits per heavy atom. The highest BCUT2D eigenvalue weighted by atomic mass is 32.1. The van der Waals surface area contributed by atoms with E-state index in [0.29, 0.717) is 12.4 Å². The van der Waals surface area contributed by atoms with Crippen molar-refractivity contribution in [2.45, 2.75) is 13.5 Å². The third kappa shape index (κ3) is 3.46. The Bertz CT molecular complexity index is 897. The highest BCUT2D eigenvalue weighted by molar-refractivity contribution is 7.19. The van der Waals surface area contributed by atoms with E-state index >= 15 is 0 Å². The second kappa shape index (κ2) is 6.84. The second-order valence-corrected chi connectivity index (χ2v) is 6.83. The predicted molar refractivity (Wildman–Crippen MR) is 101 cm³/mol. The summed E-state index contributed by atoms with van der Waals surface area (Å²) in [6, 6.07) is 11.9. The molecule has 5 heteroatoms. The number of aromatic nitrogens is 1. The van der Waals surface area contributed by atoms with Crippen LogP contribution in [0.15, 0.2) is 48.7 Å². The number of rotatable bonds is 4. The molecule has 0 saturated heterocycles. The zero-order valence-electron chi connectivity index (χ0n) is 13.7. The number of thiophene rings is 1. The van der Waals surface area contributed by atoms with E-state index in [-0.39, 0.29) is 5.91 Å². The lowest BCUT2D eigenvalue weighted by atomic mass is 10.1. The van der Waals surface area contributed by atoms with Crippen LogP contribution in [0.5, 0.6) is 0 Å². The molecule has 1 aromatic carbocycles. The molecule has 4 nitrogen and oxygen atoms in total. The number of hydrogen-bond donors (Lipinski definition) is 1. The summed E-state index contributed by atoms with van der Waals surface area (Å²) >= 11 is 1.74. The van der Waals surface area contributed by atoms with Crippen LogP contribution < -0.4 is 5.73 Å². The maximum absolute atomic E-state index is 12.3. The van der Waals surface area contributed by atoms with Crippen LogP contribution in [0.3, 0.4) is 0 Å². The van der Waals surface area contributed by atoms with Gasteiger partial charge in [0.05, 0.1) is 6.54 Å². The highest BCUT2D eigenvalue weighted by Gasteiger charge is 2.12. The van der Waals surface area contributed by atoms with Gasteiger partial charge in [0.2, 0.25) is 5.91 Å². The van der Waals surface area contributed by atoms with Crippen molar-refractivity contribution in [1.29, 1.82) is 0 Å². The molecule has 2 N–H and O–H groups in total. The first-order chi connectivity index (χ1) is 11.5. The SMILES string of the molecule is Cc1c(CN(C)C(=O)/C=C/c2ccc(N)nc2)sc2ccccc12. The fourth-order valence-electron chi connectivity index (χ4n) is 2.48. The zero-order valence-corrected chi connectivity index (χ0v) is 14.5. The van der Waals surface area contributed by atoms with Crippen LogP contribution in [-0.2, 0) is 11.3 Å². The molecule has 0 spiro atoms. The lowest BCUT2D eigenvalue weighted by Gasteiger charge is -2.14. The smallest absolute Gasteiger partial charge is 0.246 e. The van der Waals surface area contributed by atoms with Crippen LogP contribution in [0.4, 0.5) is 5.82 Å². The summed E-state index contributed by atoms with van der Waals surface area (Å²) in [5.74, 6) is 0.430. The van der Waals surface area contributed by atoms with Gasteiger partial charge in [-0.1, -0.05) is 18.2 Å². The van der Waals surface area contributed by atoms with Gasteiger partial charge in [-0.25, -0.2) is 4.98 Å². The summed E-state index contributed by atoms with van der Waals surface area (Å²) in [6.45, 7) is 2.72. The van der Waals surface area contributed by atoms with Crippen molar-refractivity contribution in [3.05, 3.63) is 64.7 Å². The summed E-state index contributed by atoms with van der Waals surface area (Å²) in [5, 5.41) is 1.27. The predicted octanol–water partition coefficient (Wildman–Crippen LogP) is 3.86. The number of carbonyl (C=O) groups is 1. The fraction of sp³-hybridized carbons (Fsp3) is 0.158. The van der Waals surface area contributed by atoms with Crippen LogP contribution in [0.2, 0.25) is 0 Å². The normalized spacial score (nSPS) is 11.2. The van der Waals surface area contributed by atoms with Crippen molar-refractivity contribution in [2.75, 3.05) is 12.8 Å². The van der Waals surface area contributed by atoms with Gasteiger partial charge in [-0.05, 0) is 47.7 Å². The molecule has 0 fully saturated rings. The third-order valence-electron chi connectivity index (χ3n) is 3.93. The number of likely N-dealkylation sites (N-methyl/N-ethyl adjacent to an activating group) is 1. The molecule has 2 aromatic heterocycles. The van der Waals surface area contributed by atoms with Gasteiger partial charge in [-0.15, -0.1) is 11.3 Å². The summed E-state index contributed by atoms with van der Waals surface area (Å²) < 4.78 is 1.26. The molecule has 1 amide bonds. The number of carbonyl (C=O) groups excluding carboxylic acids is 1.